The average molecular weight is 356 g/mol. The number of amides is 1. The summed E-state index contributed by atoms with van der Waals surface area (Å²) in [5, 5.41) is 4.43. The molecule has 0 aliphatic carbocycles. The Morgan fingerprint density at radius 2 is 2.12 bits per heavy atom. The molecule has 1 aromatic carbocycles. The Hall–Kier alpha value is -1.85. The van der Waals surface area contributed by atoms with E-state index < -0.39 is 0 Å². The molecule has 0 saturated carbocycles. The van der Waals surface area contributed by atoms with E-state index in [2.05, 4.69) is 10.3 Å². The highest BCUT2D eigenvalue weighted by Gasteiger charge is 2.18. The third-order valence-electron chi connectivity index (χ3n) is 4.50. The quantitative estimate of drug-likeness (QED) is 0.806. The number of benzene rings is 1. The molecule has 3 rings (SSSR count). The van der Waals surface area contributed by atoms with Crippen LogP contribution in [-0.4, -0.2) is 42.5 Å². The lowest BCUT2D eigenvalue weighted by Gasteiger charge is -2.27. The van der Waals surface area contributed by atoms with Crippen molar-refractivity contribution >= 4 is 17.7 Å². The summed E-state index contributed by atoms with van der Waals surface area (Å²) in [5.74, 6) is 1.53. The number of carbonyl (C=O) groups is 1. The van der Waals surface area contributed by atoms with Gasteiger partial charge in [0.1, 0.15) is 0 Å². The van der Waals surface area contributed by atoms with Gasteiger partial charge < -0.3 is 10.2 Å². The van der Waals surface area contributed by atoms with Crippen molar-refractivity contribution in [3.8, 4) is 0 Å². The van der Waals surface area contributed by atoms with Crippen molar-refractivity contribution in [2.75, 3.05) is 26.7 Å². The zero-order valence-electron chi connectivity index (χ0n) is 14.6. The summed E-state index contributed by atoms with van der Waals surface area (Å²) in [7, 11) is 1.90. The van der Waals surface area contributed by atoms with Crippen molar-refractivity contribution in [3.63, 3.8) is 0 Å². The van der Waals surface area contributed by atoms with E-state index in [9.17, 15) is 4.79 Å². The number of piperidine rings is 1. The first-order valence-corrected chi connectivity index (χ1v) is 9.80. The molecule has 5 heteroatoms. The van der Waals surface area contributed by atoms with Crippen molar-refractivity contribution < 1.29 is 4.79 Å². The van der Waals surface area contributed by atoms with Crippen LogP contribution in [0.3, 0.4) is 0 Å². The van der Waals surface area contributed by atoms with Crippen LogP contribution in [0.4, 0.5) is 0 Å². The summed E-state index contributed by atoms with van der Waals surface area (Å²) < 4.78 is 0. The Morgan fingerprint density at radius 1 is 1.28 bits per heavy atom. The molecule has 1 N–H and O–H groups in total. The molecule has 2 heterocycles. The smallest absolute Gasteiger partial charge is 0.253 e. The molecule has 0 spiro atoms. The maximum atomic E-state index is 12.6. The Labute approximate surface area is 154 Å². The first-order valence-electron chi connectivity index (χ1n) is 8.81. The molecule has 25 heavy (non-hydrogen) atoms. The van der Waals surface area contributed by atoms with E-state index in [0.717, 1.165) is 36.0 Å². The summed E-state index contributed by atoms with van der Waals surface area (Å²) in [6.45, 7) is 2.94. The highest BCUT2D eigenvalue weighted by atomic mass is 32.2. The molecule has 2 aromatic rings. The summed E-state index contributed by atoms with van der Waals surface area (Å²) in [6.07, 6.45) is 4.21. The lowest BCUT2D eigenvalue weighted by Crippen LogP contribution is -2.39. The number of nitrogens with one attached hydrogen (secondary N) is 1. The van der Waals surface area contributed by atoms with Crippen molar-refractivity contribution in [2.45, 2.75) is 23.6 Å². The van der Waals surface area contributed by atoms with Gasteiger partial charge in [-0.1, -0.05) is 18.2 Å². The molecule has 132 valence electrons. The normalized spacial score (nSPS) is 17.2. The largest absolute Gasteiger partial charge is 0.341 e. The molecule has 1 saturated heterocycles. The van der Waals surface area contributed by atoms with Gasteiger partial charge in [-0.3, -0.25) is 4.79 Å². The fraction of sp³-hybridized carbons (Fsp3) is 0.400. The first-order chi connectivity index (χ1) is 12.2. The summed E-state index contributed by atoms with van der Waals surface area (Å²) in [6, 6.07) is 13.9. The summed E-state index contributed by atoms with van der Waals surface area (Å²) in [4.78, 5) is 18.8. The van der Waals surface area contributed by atoms with Crippen LogP contribution in [0.25, 0.3) is 0 Å². The third-order valence-corrected chi connectivity index (χ3v) is 5.52. The zero-order chi connectivity index (χ0) is 17.5. The Kier molecular flexibility index (Phi) is 6.48. The predicted molar refractivity (Wildman–Crippen MR) is 103 cm³/mol. The van der Waals surface area contributed by atoms with E-state index in [1.807, 2.05) is 60.6 Å². The monoisotopic (exact) mass is 355 g/mol. The van der Waals surface area contributed by atoms with Crippen molar-refractivity contribution in [2.24, 2.45) is 5.92 Å². The topological polar surface area (TPSA) is 45.2 Å². The number of carbonyl (C=O) groups excluding carboxylic acids is 1. The van der Waals surface area contributed by atoms with Gasteiger partial charge in [-0.15, -0.1) is 11.8 Å². The number of hydrogen-bond donors (Lipinski definition) is 1. The molecular weight excluding hydrogens is 330 g/mol. The van der Waals surface area contributed by atoms with Crippen LogP contribution in [0.5, 0.6) is 0 Å². The lowest BCUT2D eigenvalue weighted by atomic mass is 9.99. The van der Waals surface area contributed by atoms with Crippen LogP contribution in [0.1, 0.15) is 28.8 Å². The third kappa shape index (κ3) is 5.31. The van der Waals surface area contributed by atoms with Crippen molar-refractivity contribution in [1.82, 2.24) is 15.2 Å². The molecule has 0 bridgehead atoms. The van der Waals surface area contributed by atoms with Crippen LogP contribution in [-0.2, 0) is 5.75 Å². The SMILES string of the molecule is CN(C[C@H]1CCCNC1)C(=O)c1ccc(CSc2ccccn2)cc1. The molecule has 1 amide bonds. The van der Waals surface area contributed by atoms with Gasteiger partial charge in [0.25, 0.3) is 5.91 Å². The fourth-order valence-electron chi connectivity index (χ4n) is 3.10. The van der Waals surface area contributed by atoms with Gasteiger partial charge >= 0.3 is 0 Å². The van der Waals surface area contributed by atoms with Gasteiger partial charge in [-0.05, 0) is 61.7 Å². The minimum Gasteiger partial charge on any atom is -0.341 e. The van der Waals surface area contributed by atoms with Gasteiger partial charge in [-0.25, -0.2) is 4.98 Å². The minimum absolute atomic E-state index is 0.106. The second-order valence-corrected chi connectivity index (χ2v) is 7.55. The summed E-state index contributed by atoms with van der Waals surface area (Å²) >= 11 is 1.70. The molecular formula is C20H25N3OS. The molecule has 1 aliphatic heterocycles. The van der Waals surface area contributed by atoms with E-state index in [-0.39, 0.29) is 5.91 Å². The van der Waals surface area contributed by atoms with Crippen LogP contribution >= 0.6 is 11.8 Å². The van der Waals surface area contributed by atoms with Crippen molar-refractivity contribution in [3.05, 3.63) is 59.8 Å². The maximum absolute atomic E-state index is 12.6. The highest BCUT2D eigenvalue weighted by Crippen LogP contribution is 2.21. The predicted octanol–water partition coefficient (Wildman–Crippen LogP) is 3.45. The zero-order valence-corrected chi connectivity index (χ0v) is 15.5. The Balaban J connectivity index is 1.52. The molecule has 0 radical (unpaired) electrons. The van der Waals surface area contributed by atoms with Gasteiger partial charge in [-0.2, -0.15) is 0 Å². The minimum atomic E-state index is 0.106. The fourth-order valence-corrected chi connectivity index (χ4v) is 3.92. The molecule has 1 aromatic heterocycles. The first kappa shape index (κ1) is 18.0. The van der Waals surface area contributed by atoms with Gasteiger partial charge in [0.05, 0.1) is 5.03 Å². The second-order valence-electron chi connectivity index (χ2n) is 6.55. The maximum Gasteiger partial charge on any atom is 0.253 e. The molecule has 4 nitrogen and oxygen atoms in total. The lowest BCUT2D eigenvalue weighted by molar-refractivity contribution is 0.0764. The number of nitrogens with zero attached hydrogens (tertiary/aromatic N) is 2. The van der Waals surface area contributed by atoms with Crippen molar-refractivity contribution in [1.29, 1.82) is 0 Å². The number of aromatic nitrogens is 1. The van der Waals surface area contributed by atoms with Crippen LogP contribution < -0.4 is 5.32 Å². The standard InChI is InChI=1S/C20H25N3OS/c1-23(14-17-5-4-11-21-13-17)20(24)18-9-7-16(8-10-18)15-25-19-6-2-3-12-22-19/h2-3,6-10,12,17,21H,4-5,11,13-15H2,1H3/t17-/m0/s1. The van der Waals surface area contributed by atoms with Gasteiger partial charge in [0.2, 0.25) is 0 Å². The number of hydrogen-bond acceptors (Lipinski definition) is 4. The highest BCUT2D eigenvalue weighted by molar-refractivity contribution is 7.98. The van der Waals surface area contributed by atoms with Crippen LogP contribution in [0.15, 0.2) is 53.7 Å². The van der Waals surface area contributed by atoms with E-state index in [0.29, 0.717) is 5.92 Å². The molecule has 0 unspecified atom stereocenters. The number of rotatable bonds is 6. The van der Waals surface area contributed by atoms with E-state index in [1.165, 1.54) is 18.4 Å². The Bertz CT molecular complexity index is 669. The van der Waals surface area contributed by atoms with Gasteiger partial charge in [0, 0.05) is 31.1 Å². The van der Waals surface area contributed by atoms with Crippen LogP contribution in [0, 0.1) is 5.92 Å². The van der Waals surface area contributed by atoms with Crippen LogP contribution in [0.2, 0.25) is 0 Å². The Morgan fingerprint density at radius 3 is 2.80 bits per heavy atom. The van der Waals surface area contributed by atoms with E-state index >= 15 is 0 Å². The van der Waals surface area contributed by atoms with E-state index in [4.69, 9.17) is 0 Å². The average Bonchev–Trinajstić information content (AvgIpc) is 2.68. The number of thioether (sulfide) groups is 1. The molecule has 1 atom stereocenters. The number of pyridine rings is 1. The van der Waals surface area contributed by atoms with Gasteiger partial charge in [0.15, 0.2) is 0 Å². The van der Waals surface area contributed by atoms with E-state index in [1.54, 1.807) is 11.8 Å². The molecule has 1 aliphatic rings. The second kappa shape index (κ2) is 9.02. The summed E-state index contributed by atoms with van der Waals surface area (Å²) in [5.41, 5.74) is 1.96. The molecule has 1 fully saturated rings.